The standard InChI is InChI=1S/C19H18F3N5/c1-4-10(2)17-24-14-5-6-15(19(20,21)22)25-18(14)27(17)13-7-11(3)16-12(8-13)9-23-26-16/h5-10H,4H2,1-3H3,(H,23,26)/t10-/m1/s1. The molecule has 27 heavy (non-hydrogen) atoms. The fraction of sp³-hybridized carbons (Fsp3) is 0.316. The van der Waals surface area contributed by atoms with Crippen LogP contribution in [0.1, 0.15) is 43.3 Å². The molecule has 1 N–H and O–H groups in total. The number of imidazole rings is 1. The number of nitrogens with one attached hydrogen (secondary N) is 1. The van der Waals surface area contributed by atoms with E-state index < -0.39 is 11.9 Å². The van der Waals surface area contributed by atoms with Crippen molar-refractivity contribution in [1.82, 2.24) is 24.7 Å². The van der Waals surface area contributed by atoms with Crippen molar-refractivity contribution in [3.8, 4) is 5.69 Å². The third-order valence-corrected chi connectivity index (χ3v) is 4.86. The highest BCUT2D eigenvalue weighted by molar-refractivity contribution is 5.85. The lowest BCUT2D eigenvalue weighted by atomic mass is 10.1. The van der Waals surface area contributed by atoms with E-state index in [-0.39, 0.29) is 11.6 Å². The molecule has 8 heteroatoms. The monoisotopic (exact) mass is 373 g/mol. The van der Waals surface area contributed by atoms with Gasteiger partial charge in [0, 0.05) is 17.0 Å². The van der Waals surface area contributed by atoms with Crippen molar-refractivity contribution in [2.45, 2.75) is 39.3 Å². The molecule has 0 saturated heterocycles. The Morgan fingerprint density at radius 2 is 1.96 bits per heavy atom. The number of benzene rings is 1. The number of H-pyrrole nitrogens is 1. The molecule has 0 aliphatic heterocycles. The minimum Gasteiger partial charge on any atom is -0.280 e. The van der Waals surface area contributed by atoms with Crippen LogP contribution >= 0.6 is 0 Å². The summed E-state index contributed by atoms with van der Waals surface area (Å²) in [7, 11) is 0. The van der Waals surface area contributed by atoms with E-state index in [1.807, 2.05) is 32.9 Å². The predicted molar refractivity (Wildman–Crippen MR) is 97.0 cm³/mol. The second-order valence-corrected chi connectivity index (χ2v) is 6.75. The minimum atomic E-state index is -4.51. The number of alkyl halides is 3. The van der Waals surface area contributed by atoms with Crippen molar-refractivity contribution < 1.29 is 13.2 Å². The average Bonchev–Trinajstić information content (AvgIpc) is 3.23. The van der Waals surface area contributed by atoms with Crippen molar-refractivity contribution >= 4 is 22.1 Å². The summed E-state index contributed by atoms with van der Waals surface area (Å²) in [5.41, 5.74) is 2.31. The first-order chi connectivity index (χ1) is 12.8. The molecule has 0 radical (unpaired) electrons. The molecule has 0 saturated carbocycles. The Morgan fingerprint density at radius 3 is 2.67 bits per heavy atom. The second kappa shape index (κ2) is 6.07. The Kier molecular flexibility index (Phi) is 3.94. The Labute approximate surface area is 153 Å². The molecule has 0 bridgehead atoms. The lowest BCUT2D eigenvalue weighted by molar-refractivity contribution is -0.141. The normalized spacial score (nSPS) is 13.6. The van der Waals surface area contributed by atoms with Crippen LogP contribution in [0.15, 0.2) is 30.5 Å². The van der Waals surface area contributed by atoms with E-state index in [0.29, 0.717) is 11.3 Å². The van der Waals surface area contributed by atoms with E-state index in [2.05, 4.69) is 20.2 Å². The molecular formula is C19H18F3N5. The smallest absolute Gasteiger partial charge is 0.280 e. The molecule has 1 aromatic carbocycles. The summed E-state index contributed by atoms with van der Waals surface area (Å²) in [5, 5.41) is 7.87. The van der Waals surface area contributed by atoms with Crippen molar-refractivity contribution in [3.05, 3.63) is 47.5 Å². The zero-order chi connectivity index (χ0) is 19.3. The molecule has 0 spiro atoms. The van der Waals surface area contributed by atoms with Gasteiger partial charge in [0.1, 0.15) is 17.0 Å². The minimum absolute atomic E-state index is 0.0638. The van der Waals surface area contributed by atoms with Gasteiger partial charge in [0.25, 0.3) is 0 Å². The lowest BCUT2D eigenvalue weighted by Crippen LogP contribution is -2.10. The van der Waals surface area contributed by atoms with E-state index in [4.69, 9.17) is 0 Å². The summed E-state index contributed by atoms with van der Waals surface area (Å²) < 4.78 is 41.4. The number of hydrogen-bond donors (Lipinski definition) is 1. The van der Waals surface area contributed by atoms with Gasteiger partial charge < -0.3 is 0 Å². The summed E-state index contributed by atoms with van der Waals surface area (Å²) in [6.07, 6.45) is -2.00. The number of pyridine rings is 1. The molecule has 0 aliphatic carbocycles. The van der Waals surface area contributed by atoms with E-state index in [0.717, 1.165) is 34.6 Å². The van der Waals surface area contributed by atoms with Gasteiger partial charge in [-0.1, -0.05) is 13.8 Å². The Balaban J connectivity index is 2.05. The van der Waals surface area contributed by atoms with Crippen LogP contribution < -0.4 is 0 Å². The number of aromatic amines is 1. The molecule has 3 heterocycles. The molecule has 5 nitrogen and oxygen atoms in total. The van der Waals surface area contributed by atoms with Gasteiger partial charge in [-0.25, -0.2) is 9.97 Å². The van der Waals surface area contributed by atoms with Gasteiger partial charge in [-0.05, 0) is 43.2 Å². The quantitative estimate of drug-likeness (QED) is 0.541. The summed E-state index contributed by atoms with van der Waals surface area (Å²) >= 11 is 0. The van der Waals surface area contributed by atoms with E-state index in [1.165, 1.54) is 6.07 Å². The first-order valence-electron chi connectivity index (χ1n) is 8.70. The SMILES string of the molecule is CC[C@@H](C)c1nc2ccc(C(F)(F)F)nc2n1-c1cc(C)c2[nH]ncc2c1. The van der Waals surface area contributed by atoms with Gasteiger partial charge in [-0.2, -0.15) is 18.3 Å². The summed E-state index contributed by atoms with van der Waals surface area (Å²) in [6.45, 7) is 5.96. The highest BCUT2D eigenvalue weighted by atomic mass is 19.4. The summed E-state index contributed by atoms with van der Waals surface area (Å²) in [4.78, 5) is 8.50. The van der Waals surface area contributed by atoms with Crippen LogP contribution in [0.3, 0.4) is 0 Å². The van der Waals surface area contributed by atoms with Crippen molar-refractivity contribution in [2.75, 3.05) is 0 Å². The molecule has 1 atom stereocenters. The van der Waals surface area contributed by atoms with Crippen molar-refractivity contribution in [2.24, 2.45) is 0 Å². The van der Waals surface area contributed by atoms with Crippen LogP contribution in [-0.4, -0.2) is 24.7 Å². The molecule has 140 valence electrons. The largest absolute Gasteiger partial charge is 0.433 e. The number of nitrogens with zero attached hydrogens (tertiary/aromatic N) is 4. The lowest BCUT2D eigenvalue weighted by Gasteiger charge is -2.14. The van der Waals surface area contributed by atoms with Crippen molar-refractivity contribution in [3.63, 3.8) is 0 Å². The third-order valence-electron chi connectivity index (χ3n) is 4.86. The Bertz CT molecular complexity index is 1140. The maximum atomic E-state index is 13.2. The summed E-state index contributed by atoms with van der Waals surface area (Å²) in [5.74, 6) is 0.760. The van der Waals surface area contributed by atoms with Crippen LogP contribution in [0.5, 0.6) is 0 Å². The number of hydrogen-bond acceptors (Lipinski definition) is 3. The molecule has 0 amide bonds. The van der Waals surface area contributed by atoms with Crippen LogP contribution in [-0.2, 0) is 6.18 Å². The molecule has 3 aromatic heterocycles. The van der Waals surface area contributed by atoms with Crippen LogP contribution in [0, 0.1) is 6.92 Å². The molecule has 0 fully saturated rings. The van der Waals surface area contributed by atoms with Gasteiger partial charge >= 0.3 is 6.18 Å². The zero-order valence-electron chi connectivity index (χ0n) is 15.1. The number of fused-ring (bicyclic) bond motifs is 2. The first kappa shape index (κ1) is 17.5. The molecule has 0 unspecified atom stereocenters. The first-order valence-corrected chi connectivity index (χ1v) is 8.70. The van der Waals surface area contributed by atoms with Gasteiger partial charge in [0.05, 0.1) is 11.7 Å². The highest BCUT2D eigenvalue weighted by Gasteiger charge is 2.33. The predicted octanol–water partition coefficient (Wildman–Crippen LogP) is 5.14. The number of aryl methyl sites for hydroxylation is 1. The Hall–Kier alpha value is -2.90. The molecular weight excluding hydrogens is 355 g/mol. The van der Waals surface area contributed by atoms with Crippen LogP contribution in [0.25, 0.3) is 27.8 Å². The second-order valence-electron chi connectivity index (χ2n) is 6.75. The van der Waals surface area contributed by atoms with Gasteiger partial charge in [0.15, 0.2) is 5.65 Å². The molecule has 4 rings (SSSR count). The van der Waals surface area contributed by atoms with E-state index in [9.17, 15) is 13.2 Å². The maximum Gasteiger partial charge on any atom is 0.433 e. The Morgan fingerprint density at radius 1 is 1.19 bits per heavy atom. The number of rotatable bonds is 3. The van der Waals surface area contributed by atoms with Crippen molar-refractivity contribution in [1.29, 1.82) is 0 Å². The third kappa shape index (κ3) is 2.85. The van der Waals surface area contributed by atoms with Gasteiger partial charge in [-0.3, -0.25) is 9.67 Å². The number of aromatic nitrogens is 5. The van der Waals surface area contributed by atoms with Crippen LogP contribution in [0.4, 0.5) is 13.2 Å². The average molecular weight is 373 g/mol. The fourth-order valence-electron chi connectivity index (χ4n) is 3.25. The van der Waals surface area contributed by atoms with E-state index in [1.54, 1.807) is 10.8 Å². The maximum absolute atomic E-state index is 13.2. The topological polar surface area (TPSA) is 59.4 Å². The van der Waals surface area contributed by atoms with E-state index >= 15 is 0 Å². The van der Waals surface area contributed by atoms with Crippen LogP contribution in [0.2, 0.25) is 0 Å². The van der Waals surface area contributed by atoms with Gasteiger partial charge in [0.2, 0.25) is 0 Å². The fourth-order valence-corrected chi connectivity index (χ4v) is 3.25. The zero-order valence-corrected chi connectivity index (χ0v) is 15.1. The summed E-state index contributed by atoms with van der Waals surface area (Å²) in [6, 6.07) is 6.16. The molecule has 0 aliphatic rings. The molecule has 4 aromatic rings. The number of halogens is 3. The van der Waals surface area contributed by atoms with Gasteiger partial charge in [-0.15, -0.1) is 0 Å². The highest BCUT2D eigenvalue weighted by Crippen LogP contribution is 2.33.